The molecule has 0 unspecified atom stereocenters. The zero-order valence-corrected chi connectivity index (χ0v) is 9.41. The normalized spacial score (nSPS) is 14.2. The molecular weight excluding hydrogens is 230 g/mol. The second kappa shape index (κ2) is 4.09. The Morgan fingerprint density at radius 1 is 0.944 bits per heavy atom. The molecule has 1 N–H and O–H groups in total. The molecule has 2 aromatic rings. The van der Waals surface area contributed by atoms with Gasteiger partial charge in [-0.1, -0.05) is 42.5 Å². The summed E-state index contributed by atoms with van der Waals surface area (Å²) in [5.74, 6) is 0.174. The monoisotopic (exact) mass is 240 g/mol. The van der Waals surface area contributed by atoms with Gasteiger partial charge in [-0.25, -0.2) is 0 Å². The van der Waals surface area contributed by atoms with Crippen molar-refractivity contribution in [3.05, 3.63) is 71.3 Å². The number of rotatable bonds is 1. The number of hydroxylamine groups is 1. The lowest BCUT2D eigenvalue weighted by molar-refractivity contribution is 0.364. The molecule has 4 nitrogen and oxygen atoms in total. The van der Waals surface area contributed by atoms with Crippen molar-refractivity contribution in [3.63, 3.8) is 0 Å². The first-order valence-corrected chi connectivity index (χ1v) is 5.50. The van der Waals surface area contributed by atoms with Crippen LogP contribution in [0.4, 0.5) is 5.69 Å². The predicted molar refractivity (Wildman–Crippen MR) is 68.9 cm³/mol. The summed E-state index contributed by atoms with van der Waals surface area (Å²) in [4.78, 5) is 0. The Labute approximate surface area is 104 Å². The highest BCUT2D eigenvalue weighted by atomic mass is 16.6. The minimum atomic E-state index is -0.431. The number of fused-ring (bicyclic) bond motifs is 1. The van der Waals surface area contributed by atoms with Crippen LogP contribution in [0.5, 0.6) is 5.75 Å². The van der Waals surface area contributed by atoms with Crippen molar-refractivity contribution in [3.8, 4) is 5.75 Å². The molecule has 0 amide bonds. The van der Waals surface area contributed by atoms with E-state index < -0.39 is 5.88 Å². The molecule has 3 rings (SSSR count). The van der Waals surface area contributed by atoms with Crippen LogP contribution in [0.1, 0.15) is 5.56 Å². The highest BCUT2D eigenvalue weighted by Gasteiger charge is 2.21. The van der Waals surface area contributed by atoms with Gasteiger partial charge in [-0.15, -0.1) is 0 Å². The third-order valence-corrected chi connectivity index (χ3v) is 2.73. The summed E-state index contributed by atoms with van der Waals surface area (Å²) in [6.07, 6.45) is 0. The molecule has 1 aliphatic rings. The maximum Gasteiger partial charge on any atom is 0.225 e. The summed E-state index contributed by atoms with van der Waals surface area (Å²) in [5, 5.41) is 22.3. The van der Waals surface area contributed by atoms with Crippen LogP contribution in [-0.4, -0.2) is 5.11 Å². The molecule has 1 heterocycles. The quantitative estimate of drug-likeness (QED) is 0.831. The molecule has 0 atom stereocenters. The Morgan fingerprint density at radius 3 is 2.39 bits per heavy atom. The van der Waals surface area contributed by atoms with Gasteiger partial charge in [0.2, 0.25) is 5.88 Å². The molecular formula is C14H10NO3-. The number of hydrogen-bond acceptors (Lipinski definition) is 4. The topological polar surface area (TPSA) is 55.8 Å². The van der Waals surface area contributed by atoms with Crippen molar-refractivity contribution in [1.29, 1.82) is 0 Å². The number of benzene rings is 2. The molecule has 0 aliphatic carbocycles. The zero-order valence-electron chi connectivity index (χ0n) is 9.41. The van der Waals surface area contributed by atoms with Gasteiger partial charge < -0.3 is 20.1 Å². The Kier molecular flexibility index (Phi) is 2.42. The Bertz CT molecular complexity index is 607. The summed E-state index contributed by atoms with van der Waals surface area (Å²) in [5.41, 5.74) is 0.958. The van der Waals surface area contributed by atoms with Gasteiger partial charge in [0.25, 0.3) is 0 Å². The number of aliphatic hydroxyl groups excluding tert-OH is 1. The number of ether oxygens (including phenoxy) is 1. The fraction of sp³-hybridized carbons (Fsp3) is 0. The third kappa shape index (κ3) is 1.59. The van der Waals surface area contributed by atoms with Crippen molar-refractivity contribution >= 4 is 11.4 Å². The van der Waals surface area contributed by atoms with Gasteiger partial charge in [0.05, 0.1) is 5.69 Å². The van der Waals surface area contributed by atoms with E-state index >= 15 is 0 Å². The maximum absolute atomic E-state index is 11.9. The molecule has 0 radical (unpaired) electrons. The standard InChI is InChI=1S/C14H10NO3/c16-14-13(10-6-2-1-3-7-10)18-12-9-5-4-8-11(12)15(14)17/h1-9,16H/q-1. The average molecular weight is 240 g/mol. The predicted octanol–water partition coefficient (Wildman–Crippen LogP) is 3.27. The molecule has 4 heteroatoms. The van der Waals surface area contributed by atoms with Crippen molar-refractivity contribution in [2.75, 3.05) is 5.06 Å². The Balaban J connectivity index is 2.11. The number of anilines is 1. The van der Waals surface area contributed by atoms with Crippen molar-refractivity contribution in [1.82, 2.24) is 0 Å². The van der Waals surface area contributed by atoms with E-state index in [1.54, 1.807) is 36.4 Å². The molecule has 0 spiro atoms. The van der Waals surface area contributed by atoms with Crippen LogP contribution >= 0.6 is 0 Å². The molecule has 2 aromatic carbocycles. The van der Waals surface area contributed by atoms with Crippen LogP contribution in [-0.2, 0) is 0 Å². The molecule has 1 aliphatic heterocycles. The van der Waals surface area contributed by atoms with Crippen molar-refractivity contribution in [2.24, 2.45) is 0 Å². The number of hydrogen-bond donors (Lipinski definition) is 1. The molecule has 0 aromatic heterocycles. The van der Waals surface area contributed by atoms with E-state index in [0.717, 1.165) is 0 Å². The first kappa shape index (κ1) is 10.7. The van der Waals surface area contributed by atoms with E-state index in [1.165, 1.54) is 0 Å². The lowest BCUT2D eigenvalue weighted by Gasteiger charge is -2.35. The highest BCUT2D eigenvalue weighted by Crippen LogP contribution is 2.38. The van der Waals surface area contributed by atoms with Gasteiger partial charge >= 0.3 is 0 Å². The van der Waals surface area contributed by atoms with Gasteiger partial charge in [0.1, 0.15) is 0 Å². The summed E-state index contributed by atoms with van der Waals surface area (Å²) in [6, 6.07) is 15.8. The fourth-order valence-corrected chi connectivity index (χ4v) is 1.85. The maximum atomic E-state index is 11.9. The minimum absolute atomic E-state index is 0.171. The van der Waals surface area contributed by atoms with E-state index in [0.29, 0.717) is 22.1 Å². The second-order valence-electron chi connectivity index (χ2n) is 3.88. The highest BCUT2D eigenvalue weighted by molar-refractivity contribution is 5.76. The van der Waals surface area contributed by atoms with Crippen LogP contribution in [0, 0.1) is 5.21 Å². The Morgan fingerprint density at radius 2 is 1.61 bits per heavy atom. The number of nitrogens with zero attached hydrogens (tertiary/aromatic N) is 1. The minimum Gasteiger partial charge on any atom is -0.751 e. The van der Waals surface area contributed by atoms with Crippen LogP contribution in [0.25, 0.3) is 5.76 Å². The molecule has 0 fully saturated rings. The molecule has 0 saturated carbocycles. The first-order chi connectivity index (χ1) is 8.77. The van der Waals surface area contributed by atoms with E-state index in [2.05, 4.69) is 0 Å². The zero-order chi connectivity index (χ0) is 12.5. The van der Waals surface area contributed by atoms with Crippen LogP contribution < -0.4 is 9.80 Å². The number of para-hydroxylation sites is 2. The van der Waals surface area contributed by atoms with Crippen molar-refractivity contribution < 1.29 is 9.84 Å². The van der Waals surface area contributed by atoms with Crippen molar-refractivity contribution in [2.45, 2.75) is 0 Å². The SMILES string of the molecule is [O-]N1C(O)=C(c2ccccc2)Oc2ccccc21. The van der Waals surface area contributed by atoms with Crippen LogP contribution in [0.3, 0.4) is 0 Å². The van der Waals surface area contributed by atoms with Gasteiger partial charge in [-0.05, 0) is 12.1 Å². The fourth-order valence-electron chi connectivity index (χ4n) is 1.85. The summed E-state index contributed by atoms with van der Waals surface area (Å²) in [6.45, 7) is 0. The average Bonchev–Trinajstić information content (AvgIpc) is 2.44. The second-order valence-corrected chi connectivity index (χ2v) is 3.88. The van der Waals surface area contributed by atoms with E-state index in [9.17, 15) is 10.3 Å². The van der Waals surface area contributed by atoms with E-state index in [-0.39, 0.29) is 5.76 Å². The lowest BCUT2D eigenvalue weighted by Crippen LogP contribution is -2.22. The van der Waals surface area contributed by atoms with Gasteiger partial charge in [0, 0.05) is 5.56 Å². The number of aliphatic hydroxyl groups is 1. The molecule has 0 saturated heterocycles. The molecule has 90 valence electrons. The lowest BCUT2D eigenvalue weighted by atomic mass is 10.1. The molecule has 0 bridgehead atoms. The Hall–Kier alpha value is -2.46. The van der Waals surface area contributed by atoms with Gasteiger partial charge in [0.15, 0.2) is 11.5 Å². The van der Waals surface area contributed by atoms with Crippen LogP contribution in [0.15, 0.2) is 60.5 Å². The smallest absolute Gasteiger partial charge is 0.225 e. The van der Waals surface area contributed by atoms with E-state index in [4.69, 9.17) is 4.74 Å². The summed E-state index contributed by atoms with van der Waals surface area (Å²) in [7, 11) is 0. The third-order valence-electron chi connectivity index (χ3n) is 2.73. The largest absolute Gasteiger partial charge is 0.751 e. The first-order valence-electron chi connectivity index (χ1n) is 5.50. The summed E-state index contributed by atoms with van der Waals surface area (Å²) >= 11 is 0. The van der Waals surface area contributed by atoms with Gasteiger partial charge in [-0.2, -0.15) is 0 Å². The van der Waals surface area contributed by atoms with Gasteiger partial charge in [-0.3, -0.25) is 0 Å². The van der Waals surface area contributed by atoms with Crippen LogP contribution in [0.2, 0.25) is 0 Å². The summed E-state index contributed by atoms with van der Waals surface area (Å²) < 4.78 is 5.59. The van der Waals surface area contributed by atoms with E-state index in [1.807, 2.05) is 18.2 Å². The molecule has 18 heavy (non-hydrogen) atoms.